The van der Waals surface area contributed by atoms with Crippen molar-refractivity contribution >= 4 is 21.8 Å². The maximum absolute atomic E-state index is 5.34. The smallest absolute Gasteiger partial charge is 0.162 e. The molecule has 0 bridgehead atoms. The van der Waals surface area contributed by atoms with Crippen molar-refractivity contribution in [1.82, 2.24) is 14.5 Å². The minimum atomic E-state index is 0.334. The van der Waals surface area contributed by atoms with Crippen LogP contribution in [-0.4, -0.2) is 14.5 Å². The van der Waals surface area contributed by atoms with E-state index in [1.54, 1.807) is 0 Å². The van der Waals surface area contributed by atoms with Crippen molar-refractivity contribution in [2.75, 3.05) is 0 Å². The lowest BCUT2D eigenvalue weighted by molar-refractivity contribution is 0.854. The van der Waals surface area contributed by atoms with Gasteiger partial charge in [-0.05, 0) is 63.6 Å². The lowest BCUT2D eigenvalue weighted by Gasteiger charge is -2.17. The molecule has 3 heteroatoms. The standard InChI is InChI=1S/C52H37N3/c1-5-15-36(16-6-1)39-25-27-41(28-26-39)52-53-48(40-21-11-4-12-22-40)35-51(54-52)55-49-24-14-13-23-46(49)47-30-29-42(34-50(47)55)45-32-43(37-17-7-2-8-18-37)31-44(33-45)38-19-9-3-10-20-38/h1-19,21-35,38H,20H2. The molecule has 0 saturated carbocycles. The second-order valence-electron chi connectivity index (χ2n) is 14.2. The Morgan fingerprint density at radius 1 is 0.418 bits per heavy atom. The fourth-order valence-electron chi connectivity index (χ4n) is 7.93. The second kappa shape index (κ2) is 14.0. The van der Waals surface area contributed by atoms with Crippen molar-refractivity contribution in [3.8, 4) is 61.8 Å². The highest BCUT2D eigenvalue weighted by atomic mass is 15.1. The van der Waals surface area contributed by atoms with Gasteiger partial charge in [0.25, 0.3) is 0 Å². The number of nitrogens with zero attached hydrogens (tertiary/aromatic N) is 3. The first-order chi connectivity index (χ1) is 27.2. The van der Waals surface area contributed by atoms with Gasteiger partial charge in [0.05, 0.1) is 16.7 Å². The van der Waals surface area contributed by atoms with Gasteiger partial charge in [0.15, 0.2) is 5.82 Å². The molecule has 3 nitrogen and oxygen atoms in total. The molecule has 2 heterocycles. The quantitative estimate of drug-likeness (QED) is 0.165. The first-order valence-corrected chi connectivity index (χ1v) is 18.9. The Kier molecular flexibility index (Phi) is 8.31. The zero-order chi connectivity index (χ0) is 36.6. The molecule has 1 aliphatic carbocycles. The van der Waals surface area contributed by atoms with Gasteiger partial charge in [-0.25, -0.2) is 9.97 Å². The topological polar surface area (TPSA) is 30.7 Å². The second-order valence-corrected chi connectivity index (χ2v) is 14.2. The van der Waals surface area contributed by atoms with Gasteiger partial charge in [-0.15, -0.1) is 0 Å². The van der Waals surface area contributed by atoms with E-state index in [0.717, 1.165) is 45.7 Å². The Morgan fingerprint density at radius 3 is 1.71 bits per heavy atom. The molecular weight excluding hydrogens is 667 g/mol. The molecule has 1 unspecified atom stereocenters. The van der Waals surface area contributed by atoms with Crippen LogP contribution in [0.4, 0.5) is 0 Å². The molecule has 0 spiro atoms. The molecule has 0 radical (unpaired) electrons. The summed E-state index contributed by atoms with van der Waals surface area (Å²) in [7, 11) is 0. The van der Waals surface area contributed by atoms with E-state index < -0.39 is 0 Å². The molecule has 0 fully saturated rings. The zero-order valence-corrected chi connectivity index (χ0v) is 30.3. The Labute approximate surface area is 321 Å². The van der Waals surface area contributed by atoms with E-state index in [1.807, 2.05) is 12.1 Å². The lowest BCUT2D eigenvalue weighted by Crippen LogP contribution is -2.02. The molecule has 2 aromatic heterocycles. The highest BCUT2D eigenvalue weighted by molar-refractivity contribution is 6.10. The summed E-state index contributed by atoms with van der Waals surface area (Å²) in [6, 6.07) is 65.0. The summed E-state index contributed by atoms with van der Waals surface area (Å²) in [5.74, 6) is 1.85. The first-order valence-electron chi connectivity index (χ1n) is 18.9. The van der Waals surface area contributed by atoms with E-state index in [2.05, 4.69) is 199 Å². The number of hydrogen-bond donors (Lipinski definition) is 0. The molecule has 260 valence electrons. The molecule has 1 aliphatic rings. The van der Waals surface area contributed by atoms with Crippen LogP contribution < -0.4 is 0 Å². The van der Waals surface area contributed by atoms with Gasteiger partial charge in [-0.3, -0.25) is 4.57 Å². The predicted molar refractivity (Wildman–Crippen MR) is 229 cm³/mol. The zero-order valence-electron chi connectivity index (χ0n) is 30.3. The molecule has 55 heavy (non-hydrogen) atoms. The van der Waals surface area contributed by atoms with Crippen LogP contribution in [0, 0.1) is 0 Å². The molecule has 0 saturated heterocycles. The summed E-state index contributed by atoms with van der Waals surface area (Å²) >= 11 is 0. The molecule has 0 N–H and O–H groups in total. The van der Waals surface area contributed by atoms with Gasteiger partial charge in [0.2, 0.25) is 0 Å². The number of rotatable bonds is 7. The van der Waals surface area contributed by atoms with Crippen molar-refractivity contribution in [1.29, 1.82) is 0 Å². The van der Waals surface area contributed by atoms with Crippen LogP contribution in [0.3, 0.4) is 0 Å². The van der Waals surface area contributed by atoms with Gasteiger partial charge in [0.1, 0.15) is 5.82 Å². The van der Waals surface area contributed by atoms with E-state index in [-0.39, 0.29) is 0 Å². The van der Waals surface area contributed by atoms with Crippen LogP contribution in [0.2, 0.25) is 0 Å². The Morgan fingerprint density at radius 2 is 1.00 bits per heavy atom. The van der Waals surface area contributed by atoms with Crippen LogP contribution in [0.25, 0.3) is 83.6 Å². The summed E-state index contributed by atoms with van der Waals surface area (Å²) < 4.78 is 2.32. The van der Waals surface area contributed by atoms with E-state index in [0.29, 0.717) is 11.7 Å². The third kappa shape index (κ3) is 6.26. The summed E-state index contributed by atoms with van der Waals surface area (Å²) in [5.41, 5.74) is 13.6. The van der Waals surface area contributed by atoms with E-state index in [9.17, 15) is 0 Å². The van der Waals surface area contributed by atoms with Crippen molar-refractivity contribution in [3.05, 3.63) is 212 Å². The minimum Gasteiger partial charge on any atom is -0.294 e. The molecule has 0 amide bonds. The number of para-hydroxylation sites is 1. The number of benzene rings is 7. The van der Waals surface area contributed by atoms with Gasteiger partial charge < -0.3 is 0 Å². The summed E-state index contributed by atoms with van der Waals surface area (Å²) in [4.78, 5) is 10.5. The molecule has 10 rings (SSSR count). The fourth-order valence-corrected chi connectivity index (χ4v) is 7.93. The minimum absolute atomic E-state index is 0.334. The maximum Gasteiger partial charge on any atom is 0.162 e. The van der Waals surface area contributed by atoms with Gasteiger partial charge in [-0.1, -0.05) is 182 Å². The molecule has 0 aliphatic heterocycles. The van der Waals surface area contributed by atoms with Crippen LogP contribution in [0.5, 0.6) is 0 Å². The Bertz CT molecular complexity index is 2870. The first kappa shape index (κ1) is 32.5. The Balaban J connectivity index is 1.17. The highest BCUT2D eigenvalue weighted by Crippen LogP contribution is 2.39. The van der Waals surface area contributed by atoms with Crippen molar-refractivity contribution < 1.29 is 0 Å². The summed E-state index contributed by atoms with van der Waals surface area (Å²) in [6.45, 7) is 0. The van der Waals surface area contributed by atoms with E-state index in [4.69, 9.17) is 9.97 Å². The monoisotopic (exact) mass is 703 g/mol. The molecular formula is C52H37N3. The highest BCUT2D eigenvalue weighted by Gasteiger charge is 2.19. The number of aromatic nitrogens is 3. The molecule has 7 aromatic carbocycles. The average Bonchev–Trinajstić information content (AvgIpc) is 3.61. The normalized spacial score (nSPS) is 13.8. The number of allylic oxidation sites excluding steroid dienone is 4. The third-order valence-corrected chi connectivity index (χ3v) is 10.7. The van der Waals surface area contributed by atoms with Crippen LogP contribution in [0.15, 0.2) is 206 Å². The summed E-state index contributed by atoms with van der Waals surface area (Å²) in [6.07, 6.45) is 9.90. The van der Waals surface area contributed by atoms with E-state index in [1.165, 1.54) is 44.2 Å². The fraction of sp³-hybridized carbons (Fsp3) is 0.0385. The van der Waals surface area contributed by atoms with Crippen LogP contribution >= 0.6 is 0 Å². The van der Waals surface area contributed by atoms with Crippen LogP contribution in [-0.2, 0) is 0 Å². The van der Waals surface area contributed by atoms with Crippen molar-refractivity contribution in [3.63, 3.8) is 0 Å². The van der Waals surface area contributed by atoms with Crippen molar-refractivity contribution in [2.45, 2.75) is 12.3 Å². The van der Waals surface area contributed by atoms with Gasteiger partial charge in [0, 0.05) is 33.9 Å². The predicted octanol–water partition coefficient (Wildman–Crippen LogP) is 13.5. The van der Waals surface area contributed by atoms with Crippen molar-refractivity contribution in [2.24, 2.45) is 0 Å². The Hall–Kier alpha value is -7.10. The third-order valence-electron chi connectivity index (χ3n) is 10.7. The largest absolute Gasteiger partial charge is 0.294 e. The number of fused-ring (bicyclic) bond motifs is 3. The number of hydrogen-bond acceptors (Lipinski definition) is 2. The van der Waals surface area contributed by atoms with Gasteiger partial charge >= 0.3 is 0 Å². The summed E-state index contributed by atoms with van der Waals surface area (Å²) in [5, 5.41) is 2.38. The van der Waals surface area contributed by atoms with Gasteiger partial charge in [-0.2, -0.15) is 0 Å². The lowest BCUT2D eigenvalue weighted by atomic mass is 9.87. The average molecular weight is 704 g/mol. The molecule has 9 aromatic rings. The SMILES string of the molecule is C1=CCC(c2cc(-c3ccccc3)cc(-c3ccc4c5ccccc5n(-c5cc(-c6ccccc6)nc(-c6ccc(-c7ccccc7)cc6)n5)c4c3)c2)C=C1. The maximum atomic E-state index is 5.34. The molecule has 1 atom stereocenters. The van der Waals surface area contributed by atoms with Crippen LogP contribution in [0.1, 0.15) is 17.9 Å². The van der Waals surface area contributed by atoms with E-state index >= 15 is 0 Å².